The highest BCUT2D eigenvalue weighted by molar-refractivity contribution is 8.04. The molecule has 0 aromatic carbocycles. The molecule has 0 radical (unpaired) electrons. The van der Waals surface area contributed by atoms with Crippen molar-refractivity contribution in [3.05, 3.63) is 28.5 Å². The summed E-state index contributed by atoms with van der Waals surface area (Å²) >= 11 is 1.13. The number of aliphatic hydroxyl groups excluding tert-OH is 2. The topological polar surface area (TPSA) is 147 Å². The van der Waals surface area contributed by atoms with Crippen LogP contribution in [0, 0.1) is 5.41 Å². The Kier molecular flexibility index (Phi) is 7.88. The van der Waals surface area contributed by atoms with E-state index in [1.807, 2.05) is 0 Å². The second-order valence-electron chi connectivity index (χ2n) is 7.35. The molecule has 1 amide bonds. The molecular weight excluding hydrogens is 400 g/mol. The van der Waals surface area contributed by atoms with Gasteiger partial charge in [0.1, 0.15) is 11.9 Å². The van der Waals surface area contributed by atoms with Crippen molar-refractivity contribution in [2.75, 3.05) is 18.9 Å². The van der Waals surface area contributed by atoms with Gasteiger partial charge in [-0.15, -0.1) is 11.8 Å². The van der Waals surface area contributed by atoms with Crippen molar-refractivity contribution in [2.24, 2.45) is 5.41 Å². The predicted octanol–water partition coefficient (Wildman–Crippen LogP) is 0.906. The lowest BCUT2D eigenvalue weighted by molar-refractivity contribution is -0.137. The molecular formula is C19H24N2O7S. The molecule has 0 aliphatic heterocycles. The van der Waals surface area contributed by atoms with Gasteiger partial charge in [0.2, 0.25) is 23.2 Å². The van der Waals surface area contributed by atoms with E-state index in [0.717, 1.165) is 11.8 Å². The lowest BCUT2D eigenvalue weighted by Crippen LogP contribution is -2.45. The number of fused-ring (bicyclic) bond motifs is 1. The van der Waals surface area contributed by atoms with E-state index in [1.165, 1.54) is 12.3 Å². The average Bonchev–Trinajstić information content (AvgIpc) is 3.19. The summed E-state index contributed by atoms with van der Waals surface area (Å²) in [6.45, 7) is 3.04. The number of amides is 1. The van der Waals surface area contributed by atoms with Crippen molar-refractivity contribution in [2.45, 2.75) is 39.2 Å². The quantitative estimate of drug-likeness (QED) is 0.441. The van der Waals surface area contributed by atoms with Gasteiger partial charge >= 0.3 is 0 Å². The molecule has 1 aliphatic rings. The van der Waals surface area contributed by atoms with Crippen LogP contribution in [-0.2, 0) is 9.59 Å². The van der Waals surface area contributed by atoms with Crippen molar-refractivity contribution in [3.63, 3.8) is 0 Å². The third-order valence-corrected chi connectivity index (χ3v) is 5.51. The normalized spacial score (nSPS) is 15.0. The standard InChI is InChI=1S/C19H24N2O7S/c1-19(2,10-22)17(26)18(27)20-6-3-4-11(23)5-7-29-14-8-13(24)16-12(15(14)25)9-21-28-16/h8-9,17,22,26H,3-7,10H2,1-2H3,(H,20,27)/t17-/m0/s1. The number of carbonyl (C=O) groups is 4. The number of aliphatic hydroxyl groups is 2. The molecule has 1 aromatic rings. The number of carbonyl (C=O) groups excluding carboxylic acids is 4. The van der Waals surface area contributed by atoms with Gasteiger partial charge in [-0.1, -0.05) is 19.0 Å². The summed E-state index contributed by atoms with van der Waals surface area (Å²) in [7, 11) is 0. The van der Waals surface area contributed by atoms with Crippen LogP contribution in [0.1, 0.15) is 54.0 Å². The fraction of sp³-hybridized carbons (Fsp3) is 0.526. The number of aromatic nitrogens is 1. The molecule has 1 aromatic heterocycles. The van der Waals surface area contributed by atoms with E-state index in [-0.39, 0.29) is 53.8 Å². The van der Waals surface area contributed by atoms with Crippen LogP contribution in [0.25, 0.3) is 0 Å². The molecule has 0 spiro atoms. The highest BCUT2D eigenvalue weighted by atomic mass is 32.2. The Bertz CT molecular complexity index is 828. The van der Waals surface area contributed by atoms with E-state index in [4.69, 9.17) is 9.63 Å². The maximum absolute atomic E-state index is 12.2. The van der Waals surface area contributed by atoms with Gasteiger partial charge in [0.15, 0.2) is 0 Å². The number of nitrogens with zero attached hydrogens (tertiary/aromatic N) is 1. The summed E-state index contributed by atoms with van der Waals surface area (Å²) in [5.41, 5.74) is -0.814. The number of ketones is 3. The molecule has 3 N–H and O–H groups in total. The SMILES string of the molecule is CC(C)(CO)[C@@H](O)C(=O)NCCCC(=O)CCSC1=CC(=O)c2oncc2C1=O. The minimum atomic E-state index is -1.34. The van der Waals surface area contributed by atoms with Gasteiger partial charge in [0.05, 0.1) is 23.3 Å². The van der Waals surface area contributed by atoms with Crippen LogP contribution >= 0.6 is 11.8 Å². The molecule has 1 atom stereocenters. The molecule has 158 valence electrons. The second-order valence-corrected chi connectivity index (χ2v) is 8.49. The number of Topliss-reactive ketones (excluding diaryl/α,β-unsaturated/α-hetero) is 2. The second kappa shape index (κ2) is 9.95. The summed E-state index contributed by atoms with van der Waals surface area (Å²) in [4.78, 5) is 48.1. The first-order valence-corrected chi connectivity index (χ1v) is 10.1. The van der Waals surface area contributed by atoms with Crippen LogP contribution < -0.4 is 5.32 Å². The maximum Gasteiger partial charge on any atom is 0.249 e. The zero-order chi connectivity index (χ0) is 21.6. The number of rotatable bonds is 11. The summed E-state index contributed by atoms with van der Waals surface area (Å²) in [5, 5.41) is 25.0. The van der Waals surface area contributed by atoms with Crippen LogP contribution in [0.3, 0.4) is 0 Å². The summed E-state index contributed by atoms with van der Waals surface area (Å²) in [6.07, 6.45) is 1.93. The lowest BCUT2D eigenvalue weighted by Gasteiger charge is -2.27. The minimum Gasteiger partial charge on any atom is -0.396 e. The van der Waals surface area contributed by atoms with Crippen molar-refractivity contribution in [1.82, 2.24) is 10.5 Å². The van der Waals surface area contributed by atoms with E-state index in [2.05, 4.69) is 10.5 Å². The smallest absolute Gasteiger partial charge is 0.249 e. The number of nitrogens with one attached hydrogen (secondary N) is 1. The Hall–Kier alpha value is -2.30. The molecule has 1 heterocycles. The fourth-order valence-corrected chi connectivity index (χ4v) is 3.49. The molecule has 10 heteroatoms. The van der Waals surface area contributed by atoms with E-state index < -0.39 is 23.2 Å². The van der Waals surface area contributed by atoms with Gasteiger partial charge in [-0.3, -0.25) is 19.2 Å². The maximum atomic E-state index is 12.2. The molecule has 0 saturated carbocycles. The zero-order valence-electron chi connectivity index (χ0n) is 16.3. The Morgan fingerprint density at radius 3 is 2.72 bits per heavy atom. The van der Waals surface area contributed by atoms with Crippen molar-refractivity contribution in [3.8, 4) is 0 Å². The zero-order valence-corrected chi connectivity index (χ0v) is 17.1. The van der Waals surface area contributed by atoms with E-state index in [1.54, 1.807) is 13.8 Å². The lowest BCUT2D eigenvalue weighted by atomic mass is 9.87. The minimum absolute atomic E-state index is 0.0381. The van der Waals surface area contributed by atoms with Crippen molar-refractivity contribution in [1.29, 1.82) is 0 Å². The molecule has 0 unspecified atom stereocenters. The largest absolute Gasteiger partial charge is 0.396 e. The summed E-state index contributed by atoms with van der Waals surface area (Å²) in [5.74, 6) is -1.11. The Balaban J connectivity index is 1.66. The molecule has 0 saturated heterocycles. The highest BCUT2D eigenvalue weighted by Crippen LogP contribution is 2.28. The number of allylic oxidation sites excluding steroid dienone is 2. The molecule has 2 rings (SSSR count). The van der Waals surface area contributed by atoms with Crippen LogP contribution in [-0.4, -0.2) is 63.6 Å². The Morgan fingerprint density at radius 2 is 2.03 bits per heavy atom. The van der Waals surface area contributed by atoms with Gasteiger partial charge < -0.3 is 20.1 Å². The van der Waals surface area contributed by atoms with Gasteiger partial charge in [-0.2, -0.15) is 0 Å². The van der Waals surface area contributed by atoms with Crippen LogP contribution in [0.4, 0.5) is 0 Å². The number of hydrogen-bond acceptors (Lipinski definition) is 9. The fourth-order valence-electron chi connectivity index (χ4n) is 2.50. The van der Waals surface area contributed by atoms with Crippen LogP contribution in [0.15, 0.2) is 21.7 Å². The first-order valence-electron chi connectivity index (χ1n) is 9.14. The molecule has 0 bridgehead atoms. The molecule has 1 aliphatic carbocycles. The Labute approximate surface area is 171 Å². The van der Waals surface area contributed by atoms with Gasteiger partial charge in [-0.05, 0) is 6.42 Å². The highest BCUT2D eigenvalue weighted by Gasteiger charge is 2.32. The van der Waals surface area contributed by atoms with Gasteiger partial charge in [0, 0.05) is 36.6 Å². The first kappa shape index (κ1) is 23.0. The number of thioether (sulfide) groups is 1. The molecule has 29 heavy (non-hydrogen) atoms. The van der Waals surface area contributed by atoms with E-state index >= 15 is 0 Å². The van der Waals surface area contributed by atoms with Gasteiger partial charge in [-0.25, -0.2) is 0 Å². The molecule has 9 nitrogen and oxygen atoms in total. The Morgan fingerprint density at radius 1 is 1.31 bits per heavy atom. The van der Waals surface area contributed by atoms with Crippen LogP contribution in [0.5, 0.6) is 0 Å². The average molecular weight is 424 g/mol. The van der Waals surface area contributed by atoms with E-state index in [9.17, 15) is 24.3 Å². The first-order chi connectivity index (χ1) is 13.7. The summed E-state index contributed by atoms with van der Waals surface area (Å²) < 4.78 is 4.75. The van der Waals surface area contributed by atoms with Gasteiger partial charge in [0.25, 0.3) is 0 Å². The summed E-state index contributed by atoms with van der Waals surface area (Å²) in [6, 6.07) is 0. The van der Waals surface area contributed by atoms with Crippen molar-refractivity contribution < 1.29 is 33.9 Å². The van der Waals surface area contributed by atoms with Crippen molar-refractivity contribution >= 4 is 35.0 Å². The van der Waals surface area contributed by atoms with E-state index in [0.29, 0.717) is 12.2 Å². The van der Waals surface area contributed by atoms with Crippen LogP contribution in [0.2, 0.25) is 0 Å². The number of hydrogen-bond donors (Lipinski definition) is 3. The predicted molar refractivity (Wildman–Crippen MR) is 104 cm³/mol. The third-order valence-electron chi connectivity index (χ3n) is 4.49. The monoisotopic (exact) mass is 424 g/mol. The molecule has 0 fully saturated rings. The third kappa shape index (κ3) is 5.84.